The van der Waals surface area contributed by atoms with Gasteiger partial charge in [-0.05, 0) is 42.5 Å². The van der Waals surface area contributed by atoms with Crippen molar-refractivity contribution in [1.29, 1.82) is 0 Å². The molecule has 0 radical (unpaired) electrons. The minimum Gasteiger partial charge on any atom is -0.493 e. The first-order valence-electron chi connectivity index (χ1n) is 16.3. The molecule has 4 N–H and O–H groups in total. The summed E-state index contributed by atoms with van der Waals surface area (Å²) in [7, 11) is 1.50. The average molecular weight is 603 g/mol. The molecule has 0 saturated carbocycles. The Kier molecular flexibility index (Phi) is 14.3. The number of nitrogens with one attached hydrogen (secondary N) is 1. The fourth-order valence-electron chi connectivity index (χ4n) is 6.19. The van der Waals surface area contributed by atoms with E-state index in [4.69, 9.17) is 9.47 Å². The van der Waals surface area contributed by atoms with E-state index in [0.29, 0.717) is 47.1 Å². The Labute approximate surface area is 257 Å². The highest BCUT2D eigenvalue weighted by molar-refractivity contribution is 5.96. The van der Waals surface area contributed by atoms with E-state index in [1.807, 2.05) is 0 Å². The predicted octanol–water partition coefficient (Wildman–Crippen LogP) is 4.61. The van der Waals surface area contributed by atoms with Crippen LogP contribution < -0.4 is 14.8 Å². The number of amides is 2. The summed E-state index contributed by atoms with van der Waals surface area (Å²) in [6.07, 6.45) is 11.4. The Morgan fingerprint density at radius 3 is 2.33 bits per heavy atom. The van der Waals surface area contributed by atoms with Crippen molar-refractivity contribution < 1.29 is 34.4 Å². The van der Waals surface area contributed by atoms with Crippen molar-refractivity contribution in [2.24, 2.45) is 5.92 Å². The molecule has 1 aliphatic heterocycles. The molecule has 43 heavy (non-hydrogen) atoms. The number of ether oxygens (including phenoxy) is 2. The molecular formula is C34H54N2O7. The summed E-state index contributed by atoms with van der Waals surface area (Å²) in [4.78, 5) is 28.9. The van der Waals surface area contributed by atoms with Crippen LogP contribution >= 0.6 is 0 Å². The Hall–Kier alpha value is -2.62. The number of hydrogen-bond donors (Lipinski definition) is 4. The highest BCUT2D eigenvalue weighted by Crippen LogP contribution is 2.51. The molecule has 0 aromatic heterocycles. The van der Waals surface area contributed by atoms with Gasteiger partial charge in [-0.1, -0.05) is 72.1 Å². The molecule has 1 aliphatic carbocycles. The maximum Gasteiger partial charge on any atom is 0.247 e. The van der Waals surface area contributed by atoms with Gasteiger partial charge in [0.15, 0.2) is 11.5 Å². The summed E-state index contributed by atoms with van der Waals surface area (Å²) >= 11 is 0. The van der Waals surface area contributed by atoms with Gasteiger partial charge in [-0.25, -0.2) is 0 Å². The van der Waals surface area contributed by atoms with E-state index in [2.05, 4.69) is 26.1 Å². The second-order valence-corrected chi connectivity index (χ2v) is 12.4. The van der Waals surface area contributed by atoms with Gasteiger partial charge in [-0.2, -0.15) is 0 Å². The normalized spacial score (nSPS) is 20.7. The smallest absolute Gasteiger partial charge is 0.247 e. The third-order valence-electron chi connectivity index (χ3n) is 8.62. The molecule has 4 unspecified atom stereocenters. The third-order valence-corrected chi connectivity index (χ3v) is 8.62. The highest BCUT2D eigenvalue weighted by atomic mass is 16.5. The summed E-state index contributed by atoms with van der Waals surface area (Å²) in [5.74, 6) is 0.132. The molecular weight excluding hydrogens is 548 g/mol. The van der Waals surface area contributed by atoms with Crippen molar-refractivity contribution in [2.75, 3.05) is 26.8 Å². The first-order valence-corrected chi connectivity index (χ1v) is 16.3. The molecule has 242 valence electrons. The first kappa shape index (κ1) is 34.9. The maximum atomic E-state index is 13.7. The number of aliphatic hydroxyl groups is 3. The number of carbonyl (C=O) groups excluding carboxylic acids is 2. The lowest BCUT2D eigenvalue weighted by Gasteiger charge is -2.41. The Morgan fingerprint density at radius 2 is 1.72 bits per heavy atom. The highest BCUT2D eigenvalue weighted by Gasteiger charge is 2.51. The molecule has 3 rings (SSSR count). The van der Waals surface area contributed by atoms with E-state index < -0.39 is 24.2 Å². The van der Waals surface area contributed by atoms with Gasteiger partial charge in [0.1, 0.15) is 12.2 Å². The number of carbonyl (C=O) groups is 2. The van der Waals surface area contributed by atoms with Crippen LogP contribution in [0.1, 0.15) is 108 Å². The predicted molar refractivity (Wildman–Crippen MR) is 167 cm³/mol. The second-order valence-electron chi connectivity index (χ2n) is 12.4. The zero-order chi connectivity index (χ0) is 31.4. The van der Waals surface area contributed by atoms with Crippen LogP contribution in [0.2, 0.25) is 0 Å². The molecule has 0 spiro atoms. The quantitative estimate of drug-likeness (QED) is 0.170. The summed E-state index contributed by atoms with van der Waals surface area (Å²) < 4.78 is 11.9. The van der Waals surface area contributed by atoms with Crippen molar-refractivity contribution in [1.82, 2.24) is 10.2 Å². The van der Waals surface area contributed by atoms with Crippen LogP contribution in [0, 0.1) is 5.92 Å². The maximum absolute atomic E-state index is 13.7. The zero-order valence-electron chi connectivity index (χ0n) is 26.6. The van der Waals surface area contributed by atoms with Gasteiger partial charge < -0.3 is 35.0 Å². The Bertz CT molecular complexity index is 1070. The molecule has 1 aromatic rings. The van der Waals surface area contributed by atoms with Gasteiger partial charge in [0.25, 0.3) is 0 Å². The lowest BCUT2D eigenvalue weighted by atomic mass is 9.77. The molecule has 4 atom stereocenters. The molecule has 1 heterocycles. The fourth-order valence-corrected chi connectivity index (χ4v) is 6.19. The van der Waals surface area contributed by atoms with Crippen molar-refractivity contribution in [3.63, 3.8) is 0 Å². The van der Waals surface area contributed by atoms with Crippen molar-refractivity contribution in [2.45, 2.75) is 122 Å². The standard InChI is InChI=1S/C34H54N2O7/c1-5-6-7-8-9-10-11-12-13-14-29(39)36(17-15-23(2)3)27-21-26(34(41)35-16-18-37)30-25-19-24(22-38)20-28(42-4)32(25)43-33(30)31(27)40/h19-21,23,27,30-31,33,37-38,40H,5-18,22H2,1-4H3,(H,35,41). The summed E-state index contributed by atoms with van der Waals surface area (Å²) in [6, 6.07) is 2.70. The number of rotatable bonds is 19. The number of aliphatic hydroxyl groups excluding tert-OH is 3. The van der Waals surface area contributed by atoms with E-state index in [0.717, 1.165) is 25.7 Å². The zero-order valence-corrected chi connectivity index (χ0v) is 26.6. The Morgan fingerprint density at radius 1 is 1.05 bits per heavy atom. The van der Waals surface area contributed by atoms with Crippen molar-refractivity contribution in [3.8, 4) is 11.5 Å². The van der Waals surface area contributed by atoms with Crippen LogP contribution in [0.15, 0.2) is 23.8 Å². The molecule has 9 nitrogen and oxygen atoms in total. The van der Waals surface area contributed by atoms with Crippen LogP contribution in [0.4, 0.5) is 0 Å². The van der Waals surface area contributed by atoms with E-state index in [1.165, 1.54) is 45.6 Å². The molecule has 0 fully saturated rings. The van der Waals surface area contributed by atoms with Gasteiger partial charge in [0, 0.05) is 30.6 Å². The topological polar surface area (TPSA) is 129 Å². The van der Waals surface area contributed by atoms with E-state index >= 15 is 0 Å². The first-order chi connectivity index (χ1) is 20.8. The van der Waals surface area contributed by atoms with E-state index in [-0.39, 0.29) is 31.6 Å². The number of nitrogens with zero attached hydrogens (tertiary/aromatic N) is 1. The van der Waals surface area contributed by atoms with Gasteiger partial charge in [-0.15, -0.1) is 0 Å². The molecule has 0 bridgehead atoms. The van der Waals surface area contributed by atoms with Crippen LogP contribution in [-0.2, 0) is 16.2 Å². The summed E-state index contributed by atoms with van der Waals surface area (Å²) in [6.45, 7) is 6.51. The monoisotopic (exact) mass is 602 g/mol. The van der Waals surface area contributed by atoms with E-state index in [1.54, 1.807) is 23.1 Å². The largest absolute Gasteiger partial charge is 0.493 e. The van der Waals surface area contributed by atoms with Crippen LogP contribution in [0.5, 0.6) is 11.5 Å². The molecule has 2 aliphatic rings. The minimum atomic E-state index is -1.09. The van der Waals surface area contributed by atoms with Gasteiger partial charge in [0.05, 0.1) is 32.3 Å². The molecule has 1 aromatic carbocycles. The second kappa shape index (κ2) is 17.6. The Balaban J connectivity index is 1.84. The lowest BCUT2D eigenvalue weighted by molar-refractivity contribution is -0.137. The molecule has 2 amide bonds. The number of benzene rings is 1. The van der Waals surface area contributed by atoms with Crippen molar-refractivity contribution >= 4 is 11.8 Å². The molecule has 0 saturated heterocycles. The fraction of sp³-hybridized carbons (Fsp3) is 0.706. The summed E-state index contributed by atoms with van der Waals surface area (Å²) in [5, 5.41) is 33.7. The van der Waals surface area contributed by atoms with Crippen molar-refractivity contribution in [3.05, 3.63) is 34.9 Å². The van der Waals surface area contributed by atoms with Gasteiger partial charge >= 0.3 is 0 Å². The third kappa shape index (κ3) is 9.19. The lowest BCUT2D eigenvalue weighted by Crippen LogP contribution is -2.56. The SMILES string of the molecule is CCCCCCCCCCCC(=O)N(CCC(C)C)C1C=C(C(=O)NCCO)C2c3cc(CO)cc(OC)c3OC2C1O. The average Bonchev–Trinajstić information content (AvgIpc) is 3.39. The summed E-state index contributed by atoms with van der Waals surface area (Å²) in [5.41, 5.74) is 1.61. The van der Waals surface area contributed by atoms with Gasteiger partial charge in [0.2, 0.25) is 11.8 Å². The number of unbranched alkanes of at least 4 members (excludes halogenated alkanes) is 8. The van der Waals surface area contributed by atoms with Crippen LogP contribution in [0.25, 0.3) is 0 Å². The van der Waals surface area contributed by atoms with Crippen LogP contribution in [0.3, 0.4) is 0 Å². The number of fused-ring (bicyclic) bond motifs is 3. The van der Waals surface area contributed by atoms with Gasteiger partial charge in [-0.3, -0.25) is 9.59 Å². The van der Waals surface area contributed by atoms with Crippen LogP contribution in [-0.4, -0.2) is 77.1 Å². The van der Waals surface area contributed by atoms with E-state index in [9.17, 15) is 24.9 Å². The number of hydrogen-bond acceptors (Lipinski definition) is 7. The minimum absolute atomic E-state index is 0.0341. The molecule has 9 heteroatoms. The number of methoxy groups -OCH3 is 1.